The molecule has 3 aromatic rings. The molecule has 3 heterocycles. The third-order valence-electron chi connectivity index (χ3n) is 5.33. The molecule has 160 valence electrons. The lowest BCUT2D eigenvalue weighted by Crippen LogP contribution is -2.48. The zero-order chi connectivity index (χ0) is 20.2. The summed E-state index contributed by atoms with van der Waals surface area (Å²) in [7, 11) is 2.13. The molecular weight excluding hydrogens is 404 g/mol. The van der Waals surface area contributed by atoms with Gasteiger partial charge in [0.1, 0.15) is 11.5 Å². The van der Waals surface area contributed by atoms with Crippen molar-refractivity contribution in [1.82, 2.24) is 20.3 Å². The first-order valence-corrected chi connectivity index (χ1v) is 9.89. The van der Waals surface area contributed by atoms with E-state index >= 15 is 0 Å². The number of likely N-dealkylation sites (N-methyl/N-ethyl adjacent to an activating group) is 1. The van der Waals surface area contributed by atoms with Crippen molar-refractivity contribution in [2.45, 2.75) is 13.0 Å². The van der Waals surface area contributed by atoms with Gasteiger partial charge in [0.25, 0.3) is 5.91 Å². The van der Waals surface area contributed by atoms with Gasteiger partial charge in [0.2, 0.25) is 0 Å². The van der Waals surface area contributed by atoms with Crippen LogP contribution in [-0.2, 0) is 0 Å². The molecule has 7 nitrogen and oxygen atoms in total. The van der Waals surface area contributed by atoms with Crippen LogP contribution in [0.2, 0.25) is 0 Å². The van der Waals surface area contributed by atoms with Crippen molar-refractivity contribution >= 4 is 18.3 Å². The SMILES string of the molecule is Cc1ccc(C(CNC(=O)c2cc(-c3ccccc3)on2)N2CCN(C)CC2)o1.Cl. The quantitative estimate of drug-likeness (QED) is 0.646. The summed E-state index contributed by atoms with van der Waals surface area (Å²) in [5.41, 5.74) is 1.16. The molecule has 8 heteroatoms. The number of carbonyl (C=O) groups excluding carboxylic acids is 1. The average Bonchev–Trinajstić information content (AvgIpc) is 3.40. The molecule has 0 bridgehead atoms. The molecule has 1 aromatic carbocycles. The number of nitrogens with zero attached hydrogens (tertiary/aromatic N) is 3. The Kier molecular flexibility index (Phi) is 7.31. The molecule has 0 radical (unpaired) electrons. The molecule has 0 spiro atoms. The van der Waals surface area contributed by atoms with Gasteiger partial charge in [-0.2, -0.15) is 0 Å². The second-order valence-corrected chi connectivity index (χ2v) is 7.46. The minimum absolute atomic E-state index is 0. The number of aryl methyl sites for hydroxylation is 1. The number of rotatable bonds is 6. The lowest BCUT2D eigenvalue weighted by Gasteiger charge is -2.37. The molecule has 1 unspecified atom stereocenters. The van der Waals surface area contributed by atoms with E-state index in [1.165, 1.54) is 0 Å². The summed E-state index contributed by atoms with van der Waals surface area (Å²) in [6.45, 7) is 6.23. The van der Waals surface area contributed by atoms with Crippen LogP contribution in [0, 0.1) is 6.92 Å². The fourth-order valence-electron chi connectivity index (χ4n) is 3.58. The maximum Gasteiger partial charge on any atom is 0.273 e. The molecule has 1 saturated heterocycles. The number of benzene rings is 1. The molecule has 1 atom stereocenters. The smallest absolute Gasteiger partial charge is 0.273 e. The van der Waals surface area contributed by atoms with Crippen molar-refractivity contribution in [3.8, 4) is 11.3 Å². The maximum absolute atomic E-state index is 12.7. The fraction of sp³-hybridized carbons (Fsp3) is 0.364. The highest BCUT2D eigenvalue weighted by molar-refractivity contribution is 5.93. The van der Waals surface area contributed by atoms with Gasteiger partial charge in [-0.15, -0.1) is 12.4 Å². The third-order valence-corrected chi connectivity index (χ3v) is 5.33. The molecule has 1 amide bonds. The normalized spacial score (nSPS) is 16.1. The number of nitrogens with one attached hydrogen (secondary N) is 1. The molecule has 30 heavy (non-hydrogen) atoms. The predicted molar refractivity (Wildman–Crippen MR) is 117 cm³/mol. The first-order chi connectivity index (χ1) is 14.1. The van der Waals surface area contributed by atoms with Gasteiger partial charge >= 0.3 is 0 Å². The number of amides is 1. The van der Waals surface area contributed by atoms with Gasteiger partial charge in [0, 0.05) is 44.4 Å². The monoisotopic (exact) mass is 430 g/mol. The van der Waals surface area contributed by atoms with Crippen LogP contribution in [0.4, 0.5) is 0 Å². The van der Waals surface area contributed by atoms with E-state index in [2.05, 4.69) is 27.3 Å². The second-order valence-electron chi connectivity index (χ2n) is 7.46. The highest BCUT2D eigenvalue weighted by atomic mass is 35.5. The summed E-state index contributed by atoms with van der Waals surface area (Å²) in [4.78, 5) is 17.3. The lowest BCUT2D eigenvalue weighted by molar-refractivity contribution is 0.0843. The molecule has 1 fully saturated rings. The van der Waals surface area contributed by atoms with Crippen LogP contribution in [0.25, 0.3) is 11.3 Å². The number of furan rings is 1. The van der Waals surface area contributed by atoms with E-state index < -0.39 is 0 Å². The van der Waals surface area contributed by atoms with Gasteiger partial charge in [0.05, 0.1) is 6.04 Å². The van der Waals surface area contributed by atoms with Gasteiger partial charge in [-0.25, -0.2) is 0 Å². The summed E-state index contributed by atoms with van der Waals surface area (Å²) < 4.78 is 11.2. The van der Waals surface area contributed by atoms with E-state index in [1.54, 1.807) is 6.07 Å². The Balaban J connectivity index is 0.00000256. The number of halogens is 1. The van der Waals surface area contributed by atoms with E-state index in [0.717, 1.165) is 43.3 Å². The summed E-state index contributed by atoms with van der Waals surface area (Å²) in [6, 6.07) is 15.2. The highest BCUT2D eigenvalue weighted by Crippen LogP contribution is 2.24. The van der Waals surface area contributed by atoms with Crippen LogP contribution in [0.15, 0.2) is 57.5 Å². The van der Waals surface area contributed by atoms with E-state index in [-0.39, 0.29) is 30.0 Å². The summed E-state index contributed by atoms with van der Waals surface area (Å²) >= 11 is 0. The minimum atomic E-state index is -0.252. The van der Waals surface area contributed by atoms with E-state index in [9.17, 15) is 4.79 Å². The predicted octanol–water partition coefficient (Wildman–Crippen LogP) is 3.38. The van der Waals surface area contributed by atoms with Crippen LogP contribution in [0.5, 0.6) is 0 Å². The van der Waals surface area contributed by atoms with Crippen LogP contribution in [0.1, 0.15) is 28.1 Å². The summed E-state index contributed by atoms with van der Waals surface area (Å²) in [5.74, 6) is 2.07. The number of hydrogen-bond acceptors (Lipinski definition) is 6. The van der Waals surface area contributed by atoms with E-state index in [1.807, 2.05) is 49.4 Å². The number of carbonyl (C=O) groups is 1. The molecular formula is C22H27ClN4O3. The van der Waals surface area contributed by atoms with Crippen molar-refractivity contribution in [1.29, 1.82) is 0 Å². The zero-order valence-corrected chi connectivity index (χ0v) is 18.0. The van der Waals surface area contributed by atoms with Crippen molar-refractivity contribution in [3.63, 3.8) is 0 Å². The molecule has 1 aliphatic heterocycles. The van der Waals surface area contributed by atoms with Gasteiger partial charge in [0.15, 0.2) is 11.5 Å². The Labute approximate surface area is 182 Å². The van der Waals surface area contributed by atoms with E-state index in [4.69, 9.17) is 8.94 Å². The Morgan fingerprint density at radius 3 is 2.53 bits per heavy atom. The van der Waals surface area contributed by atoms with Crippen molar-refractivity contribution < 1.29 is 13.7 Å². The van der Waals surface area contributed by atoms with Gasteiger partial charge < -0.3 is 19.2 Å². The summed E-state index contributed by atoms with van der Waals surface area (Å²) in [5, 5.41) is 6.94. The first kappa shape index (κ1) is 22.1. The van der Waals surface area contributed by atoms with Crippen LogP contribution in [-0.4, -0.2) is 60.6 Å². The Morgan fingerprint density at radius 2 is 1.87 bits per heavy atom. The lowest BCUT2D eigenvalue weighted by atomic mass is 10.1. The van der Waals surface area contributed by atoms with Crippen molar-refractivity contribution in [3.05, 3.63) is 65.7 Å². The highest BCUT2D eigenvalue weighted by Gasteiger charge is 2.27. The summed E-state index contributed by atoms with van der Waals surface area (Å²) in [6.07, 6.45) is 0. The van der Waals surface area contributed by atoms with Gasteiger partial charge in [-0.05, 0) is 26.1 Å². The molecule has 1 aliphatic rings. The molecule has 1 N–H and O–H groups in total. The average molecular weight is 431 g/mol. The third kappa shape index (κ3) is 5.11. The Hall–Kier alpha value is -2.61. The number of aromatic nitrogens is 1. The van der Waals surface area contributed by atoms with Crippen molar-refractivity contribution in [2.24, 2.45) is 0 Å². The molecule has 0 aliphatic carbocycles. The Bertz CT molecular complexity index is 948. The van der Waals surface area contributed by atoms with Gasteiger partial charge in [-0.1, -0.05) is 35.5 Å². The fourth-order valence-corrected chi connectivity index (χ4v) is 3.58. The van der Waals surface area contributed by atoms with E-state index in [0.29, 0.717) is 12.3 Å². The molecule has 2 aromatic heterocycles. The largest absolute Gasteiger partial charge is 0.465 e. The van der Waals surface area contributed by atoms with Gasteiger partial charge in [-0.3, -0.25) is 9.69 Å². The van der Waals surface area contributed by atoms with Crippen molar-refractivity contribution in [2.75, 3.05) is 39.8 Å². The zero-order valence-electron chi connectivity index (χ0n) is 17.2. The van der Waals surface area contributed by atoms with Crippen LogP contribution < -0.4 is 5.32 Å². The van der Waals surface area contributed by atoms with Crippen LogP contribution >= 0.6 is 12.4 Å². The Morgan fingerprint density at radius 1 is 1.13 bits per heavy atom. The topological polar surface area (TPSA) is 74.8 Å². The van der Waals surface area contributed by atoms with Crippen LogP contribution in [0.3, 0.4) is 0 Å². The standard InChI is InChI=1S/C22H26N4O3.ClH/c1-16-8-9-20(28-16)19(26-12-10-25(2)11-13-26)15-23-22(27)18-14-21(29-24-18)17-6-4-3-5-7-17;/h3-9,14,19H,10-13,15H2,1-2H3,(H,23,27);1H. The number of piperazine rings is 1. The first-order valence-electron chi connectivity index (χ1n) is 9.89. The molecule has 4 rings (SSSR count). The maximum atomic E-state index is 12.7. The molecule has 0 saturated carbocycles. The number of hydrogen-bond donors (Lipinski definition) is 1. The minimum Gasteiger partial charge on any atom is -0.465 e. The second kappa shape index (κ2) is 9.93.